The van der Waals surface area contributed by atoms with Crippen LogP contribution in [0.5, 0.6) is 11.5 Å². The first kappa shape index (κ1) is 18.2. The highest BCUT2D eigenvalue weighted by Gasteiger charge is 2.24. The molecule has 0 unspecified atom stereocenters. The lowest BCUT2D eigenvalue weighted by atomic mass is 10.1. The smallest absolute Gasteiger partial charge is 0.226 e. The van der Waals surface area contributed by atoms with Gasteiger partial charge < -0.3 is 14.4 Å². The highest BCUT2D eigenvalue weighted by Crippen LogP contribution is 2.29. The summed E-state index contributed by atoms with van der Waals surface area (Å²) in [7, 11) is 0. The summed E-state index contributed by atoms with van der Waals surface area (Å²) in [5, 5.41) is 0. The van der Waals surface area contributed by atoms with Crippen molar-refractivity contribution in [3.63, 3.8) is 0 Å². The van der Waals surface area contributed by atoms with Gasteiger partial charge in [-0.1, -0.05) is 24.3 Å². The average molecular weight is 357 g/mol. The molecule has 0 radical (unpaired) electrons. The van der Waals surface area contributed by atoms with Crippen LogP contribution in [-0.2, 0) is 11.2 Å². The number of piperidine rings is 1. The summed E-state index contributed by atoms with van der Waals surface area (Å²) in [6, 6.07) is 13.8. The number of para-hydroxylation sites is 2. The predicted molar refractivity (Wildman–Crippen MR) is 97.9 cm³/mol. The second-order valence-electron chi connectivity index (χ2n) is 6.38. The highest BCUT2D eigenvalue weighted by molar-refractivity contribution is 5.78. The van der Waals surface area contributed by atoms with Gasteiger partial charge in [0, 0.05) is 25.9 Å². The second-order valence-corrected chi connectivity index (χ2v) is 6.38. The van der Waals surface area contributed by atoms with E-state index in [0.29, 0.717) is 26.1 Å². The quantitative estimate of drug-likeness (QED) is 0.789. The number of carbonyl (C=O) groups excluding carboxylic acids is 1. The summed E-state index contributed by atoms with van der Waals surface area (Å²) < 4.78 is 24.6. The third kappa shape index (κ3) is 4.75. The first-order chi connectivity index (χ1) is 12.7. The molecule has 1 saturated heterocycles. The summed E-state index contributed by atoms with van der Waals surface area (Å²) in [6.07, 6.45) is 1.95. The van der Waals surface area contributed by atoms with Crippen LogP contribution in [-0.4, -0.2) is 36.6 Å². The van der Waals surface area contributed by atoms with Crippen molar-refractivity contribution in [2.45, 2.75) is 32.3 Å². The SMILES string of the molecule is CCOc1ccccc1OC1CCN(C(=O)Cc2ccc(F)cc2)CC1. The number of hydrogen-bond donors (Lipinski definition) is 0. The van der Waals surface area contributed by atoms with E-state index in [1.165, 1.54) is 12.1 Å². The van der Waals surface area contributed by atoms with Gasteiger partial charge in [-0.05, 0) is 36.8 Å². The van der Waals surface area contributed by atoms with Gasteiger partial charge in [-0.15, -0.1) is 0 Å². The number of hydrogen-bond acceptors (Lipinski definition) is 3. The first-order valence-electron chi connectivity index (χ1n) is 9.06. The molecule has 0 N–H and O–H groups in total. The number of amides is 1. The van der Waals surface area contributed by atoms with E-state index in [4.69, 9.17) is 9.47 Å². The third-order valence-electron chi connectivity index (χ3n) is 4.51. The number of ether oxygens (including phenoxy) is 2. The Kier molecular flexibility index (Phi) is 6.10. The number of carbonyl (C=O) groups is 1. The molecule has 0 atom stereocenters. The Morgan fingerprint density at radius 2 is 1.73 bits per heavy atom. The molecule has 0 spiro atoms. The summed E-state index contributed by atoms with van der Waals surface area (Å²) in [5.41, 5.74) is 0.834. The molecule has 1 heterocycles. The summed E-state index contributed by atoms with van der Waals surface area (Å²) in [5.74, 6) is 1.30. The predicted octanol–water partition coefficient (Wildman–Crippen LogP) is 3.84. The van der Waals surface area contributed by atoms with Crippen molar-refractivity contribution in [3.05, 3.63) is 59.9 Å². The van der Waals surface area contributed by atoms with Crippen molar-refractivity contribution in [2.75, 3.05) is 19.7 Å². The van der Waals surface area contributed by atoms with Crippen molar-refractivity contribution in [2.24, 2.45) is 0 Å². The Bertz CT molecular complexity index is 724. The molecule has 1 fully saturated rings. The average Bonchev–Trinajstić information content (AvgIpc) is 2.66. The van der Waals surface area contributed by atoms with Crippen LogP contribution in [0.4, 0.5) is 4.39 Å². The Labute approximate surface area is 153 Å². The lowest BCUT2D eigenvalue weighted by Gasteiger charge is -2.32. The van der Waals surface area contributed by atoms with Crippen molar-refractivity contribution in [3.8, 4) is 11.5 Å². The van der Waals surface area contributed by atoms with Gasteiger partial charge in [0.25, 0.3) is 0 Å². The minimum Gasteiger partial charge on any atom is -0.490 e. The van der Waals surface area contributed by atoms with Crippen LogP contribution in [0.25, 0.3) is 0 Å². The maximum atomic E-state index is 13.0. The van der Waals surface area contributed by atoms with Crippen LogP contribution >= 0.6 is 0 Å². The van der Waals surface area contributed by atoms with E-state index in [1.807, 2.05) is 36.1 Å². The van der Waals surface area contributed by atoms with Crippen LogP contribution in [0.2, 0.25) is 0 Å². The number of likely N-dealkylation sites (tertiary alicyclic amines) is 1. The summed E-state index contributed by atoms with van der Waals surface area (Å²) in [4.78, 5) is 14.3. The maximum absolute atomic E-state index is 13.0. The third-order valence-corrected chi connectivity index (χ3v) is 4.51. The van der Waals surface area contributed by atoms with E-state index in [2.05, 4.69) is 0 Å². The first-order valence-corrected chi connectivity index (χ1v) is 9.06. The minimum atomic E-state index is -0.286. The Morgan fingerprint density at radius 1 is 1.08 bits per heavy atom. The van der Waals surface area contributed by atoms with Gasteiger partial charge >= 0.3 is 0 Å². The van der Waals surface area contributed by atoms with Gasteiger partial charge in [-0.3, -0.25) is 4.79 Å². The monoisotopic (exact) mass is 357 g/mol. The zero-order valence-corrected chi connectivity index (χ0v) is 15.0. The molecule has 0 aliphatic carbocycles. The van der Waals surface area contributed by atoms with E-state index < -0.39 is 0 Å². The van der Waals surface area contributed by atoms with E-state index in [9.17, 15) is 9.18 Å². The van der Waals surface area contributed by atoms with Crippen molar-refractivity contribution in [1.29, 1.82) is 0 Å². The van der Waals surface area contributed by atoms with Crippen LogP contribution in [0, 0.1) is 5.82 Å². The fourth-order valence-electron chi connectivity index (χ4n) is 3.11. The largest absolute Gasteiger partial charge is 0.490 e. The van der Waals surface area contributed by atoms with Crippen LogP contribution in [0.3, 0.4) is 0 Å². The van der Waals surface area contributed by atoms with Crippen LogP contribution in [0.1, 0.15) is 25.3 Å². The zero-order chi connectivity index (χ0) is 18.4. The molecule has 26 heavy (non-hydrogen) atoms. The standard InChI is InChI=1S/C21H24FNO3/c1-2-25-19-5-3-4-6-20(19)26-18-11-13-23(14-12-18)21(24)15-16-7-9-17(22)10-8-16/h3-10,18H,2,11-15H2,1H3. The minimum absolute atomic E-state index is 0.0739. The molecule has 4 nitrogen and oxygen atoms in total. The van der Waals surface area contributed by atoms with E-state index in [0.717, 1.165) is 29.9 Å². The van der Waals surface area contributed by atoms with Gasteiger partial charge in [0.2, 0.25) is 5.91 Å². The number of rotatable bonds is 6. The Hall–Kier alpha value is -2.56. The molecule has 1 aliphatic rings. The van der Waals surface area contributed by atoms with Crippen LogP contribution in [0.15, 0.2) is 48.5 Å². The van der Waals surface area contributed by atoms with Gasteiger partial charge in [0.15, 0.2) is 11.5 Å². The molecule has 2 aromatic rings. The van der Waals surface area contributed by atoms with Crippen molar-refractivity contribution >= 4 is 5.91 Å². The number of nitrogens with zero attached hydrogens (tertiary/aromatic N) is 1. The second kappa shape index (κ2) is 8.70. The molecule has 0 aromatic heterocycles. The van der Waals surface area contributed by atoms with Crippen molar-refractivity contribution < 1.29 is 18.7 Å². The molecule has 0 bridgehead atoms. The van der Waals surface area contributed by atoms with Gasteiger partial charge in [-0.25, -0.2) is 4.39 Å². The number of benzene rings is 2. The van der Waals surface area contributed by atoms with E-state index >= 15 is 0 Å². The molecular weight excluding hydrogens is 333 g/mol. The highest BCUT2D eigenvalue weighted by atomic mass is 19.1. The fourth-order valence-corrected chi connectivity index (χ4v) is 3.11. The molecular formula is C21H24FNO3. The molecule has 2 aromatic carbocycles. The van der Waals surface area contributed by atoms with E-state index in [1.54, 1.807) is 12.1 Å². The summed E-state index contributed by atoms with van der Waals surface area (Å²) in [6.45, 7) is 3.88. The Morgan fingerprint density at radius 3 is 2.38 bits per heavy atom. The molecule has 1 amide bonds. The van der Waals surface area contributed by atoms with Gasteiger partial charge in [0.1, 0.15) is 11.9 Å². The zero-order valence-electron chi connectivity index (χ0n) is 15.0. The number of halogens is 1. The fraction of sp³-hybridized carbons (Fsp3) is 0.381. The van der Waals surface area contributed by atoms with E-state index in [-0.39, 0.29) is 17.8 Å². The summed E-state index contributed by atoms with van der Waals surface area (Å²) >= 11 is 0. The van der Waals surface area contributed by atoms with Gasteiger partial charge in [-0.2, -0.15) is 0 Å². The van der Waals surface area contributed by atoms with Crippen molar-refractivity contribution in [1.82, 2.24) is 4.90 Å². The topological polar surface area (TPSA) is 38.8 Å². The molecule has 1 aliphatic heterocycles. The molecule has 0 saturated carbocycles. The Balaban J connectivity index is 1.51. The van der Waals surface area contributed by atoms with Crippen LogP contribution < -0.4 is 9.47 Å². The molecule has 138 valence electrons. The van der Waals surface area contributed by atoms with Gasteiger partial charge in [0.05, 0.1) is 13.0 Å². The molecule has 5 heteroatoms. The maximum Gasteiger partial charge on any atom is 0.226 e. The lowest BCUT2D eigenvalue weighted by Crippen LogP contribution is -2.42. The lowest BCUT2D eigenvalue weighted by molar-refractivity contribution is -0.132. The molecule has 3 rings (SSSR count). The normalized spacial score (nSPS) is 14.9.